The molecule has 5 rings (SSSR count). The molecule has 0 N–H and O–H groups in total. The largest absolute Gasteiger partial charge is 0.497 e. The molecule has 4 saturated heterocycles. The second-order valence-electron chi connectivity index (χ2n) is 10.1. The van der Waals surface area contributed by atoms with Gasteiger partial charge < -0.3 is 19.3 Å². The van der Waals surface area contributed by atoms with Crippen molar-refractivity contribution in [1.82, 2.24) is 19.0 Å². The van der Waals surface area contributed by atoms with Gasteiger partial charge in [0.1, 0.15) is 12.4 Å². The molecular formula is C25H40N4O5S. The number of benzene rings is 1. The molecule has 4 fully saturated rings. The van der Waals surface area contributed by atoms with Crippen LogP contribution in [0.25, 0.3) is 0 Å². The first kappa shape index (κ1) is 26.3. The lowest BCUT2D eigenvalue weighted by Crippen LogP contribution is -2.61. The van der Waals surface area contributed by atoms with E-state index in [2.05, 4.69) is 9.80 Å². The van der Waals surface area contributed by atoms with Crippen LogP contribution in [0.1, 0.15) is 24.0 Å². The number of carbonyl (C=O) groups excluding carboxylic acids is 1. The quantitative estimate of drug-likeness (QED) is 0.464. The summed E-state index contributed by atoms with van der Waals surface area (Å²) in [6.07, 6.45) is 2.61. The minimum absolute atomic E-state index is 0.0195. The molecule has 1 aromatic carbocycles. The molecule has 1 amide bonds. The first-order chi connectivity index (χ1) is 16.7. The summed E-state index contributed by atoms with van der Waals surface area (Å²) in [7, 11) is -0.574. The van der Waals surface area contributed by atoms with Crippen LogP contribution in [-0.2, 0) is 19.6 Å². The van der Waals surface area contributed by atoms with Crippen LogP contribution in [0.4, 0.5) is 0 Å². The Labute approximate surface area is 210 Å². The van der Waals surface area contributed by atoms with Crippen LogP contribution < -0.4 is 4.74 Å². The smallest absolute Gasteiger partial charge is 0.248 e. The van der Waals surface area contributed by atoms with E-state index in [1.165, 1.54) is 43.8 Å². The summed E-state index contributed by atoms with van der Waals surface area (Å²) in [4.78, 5) is 20.0. The normalized spacial score (nSPS) is 25.3. The number of carbonyl (C=O) groups is 1. The Morgan fingerprint density at radius 1 is 1.06 bits per heavy atom. The average molecular weight is 509 g/mol. The monoisotopic (exact) mass is 508 g/mol. The second kappa shape index (κ2) is 11.1. The maximum absolute atomic E-state index is 13.1. The number of fused-ring (bicyclic) bond motifs is 3. The summed E-state index contributed by atoms with van der Waals surface area (Å²) in [5.41, 5.74) is 1.28. The van der Waals surface area contributed by atoms with Crippen molar-refractivity contribution in [3.05, 3.63) is 23.3 Å². The van der Waals surface area contributed by atoms with Crippen molar-refractivity contribution in [1.29, 1.82) is 0 Å². The number of likely N-dealkylation sites (N-methyl/N-ethyl adjacent to an activating group) is 1. The van der Waals surface area contributed by atoms with Gasteiger partial charge in [0, 0.05) is 52.4 Å². The number of rotatable bonds is 9. The van der Waals surface area contributed by atoms with Gasteiger partial charge in [-0.3, -0.25) is 9.69 Å². The first-order valence-corrected chi connectivity index (χ1v) is 14.1. The highest BCUT2D eigenvalue weighted by Gasteiger charge is 2.38. The number of ether oxygens (including phenoxy) is 2. The lowest BCUT2D eigenvalue weighted by atomic mass is 9.83. The van der Waals surface area contributed by atoms with Crippen LogP contribution in [-0.4, -0.2) is 119 Å². The third kappa shape index (κ3) is 5.83. The van der Waals surface area contributed by atoms with Gasteiger partial charge in [0.15, 0.2) is 0 Å². The summed E-state index contributed by atoms with van der Waals surface area (Å²) >= 11 is 0. The fourth-order valence-corrected chi connectivity index (χ4v) is 7.36. The molecule has 1 atom stereocenters. The van der Waals surface area contributed by atoms with Gasteiger partial charge in [-0.25, -0.2) is 8.42 Å². The minimum Gasteiger partial charge on any atom is -0.497 e. The van der Waals surface area contributed by atoms with Crippen molar-refractivity contribution < 1.29 is 22.7 Å². The summed E-state index contributed by atoms with van der Waals surface area (Å²) in [5.74, 6) is 1.42. The van der Waals surface area contributed by atoms with E-state index in [4.69, 9.17) is 9.47 Å². The van der Waals surface area contributed by atoms with Crippen molar-refractivity contribution >= 4 is 15.9 Å². The first-order valence-electron chi connectivity index (χ1n) is 12.6. The molecule has 0 spiro atoms. The van der Waals surface area contributed by atoms with Gasteiger partial charge >= 0.3 is 0 Å². The molecule has 4 aliphatic rings. The number of sulfonamides is 1. The number of methoxy groups -OCH3 is 1. The predicted molar refractivity (Wildman–Crippen MR) is 134 cm³/mol. The maximum atomic E-state index is 13.1. The number of hydrogen-bond acceptors (Lipinski definition) is 7. The third-order valence-corrected chi connectivity index (χ3v) is 10.0. The van der Waals surface area contributed by atoms with E-state index in [-0.39, 0.29) is 30.6 Å². The molecule has 0 radical (unpaired) electrons. The van der Waals surface area contributed by atoms with Crippen LogP contribution in [0.3, 0.4) is 0 Å². The zero-order chi connectivity index (χ0) is 25.2. The van der Waals surface area contributed by atoms with Crippen molar-refractivity contribution in [3.63, 3.8) is 0 Å². The Morgan fingerprint density at radius 3 is 2.23 bits per heavy atom. The highest BCUT2D eigenvalue weighted by Crippen LogP contribution is 2.31. The van der Waals surface area contributed by atoms with Crippen molar-refractivity contribution in [2.75, 3.05) is 79.7 Å². The molecule has 2 bridgehead atoms. The van der Waals surface area contributed by atoms with Gasteiger partial charge in [-0.2, -0.15) is 4.31 Å². The highest BCUT2D eigenvalue weighted by molar-refractivity contribution is 7.89. The van der Waals surface area contributed by atoms with Crippen molar-refractivity contribution in [3.8, 4) is 5.75 Å². The van der Waals surface area contributed by atoms with Gasteiger partial charge in [0.2, 0.25) is 15.9 Å². The molecule has 0 aliphatic carbocycles. The molecule has 0 saturated carbocycles. The molecular weight excluding hydrogens is 468 g/mol. The molecule has 0 aromatic heterocycles. The molecule has 35 heavy (non-hydrogen) atoms. The summed E-state index contributed by atoms with van der Waals surface area (Å²) in [6.45, 7) is 10.8. The van der Waals surface area contributed by atoms with E-state index in [1.54, 1.807) is 33.1 Å². The van der Waals surface area contributed by atoms with Crippen LogP contribution in [0.2, 0.25) is 0 Å². The Kier molecular flexibility index (Phi) is 8.38. The topological polar surface area (TPSA) is 82.6 Å². The fourth-order valence-electron chi connectivity index (χ4n) is 5.81. The number of amides is 1. The Balaban J connectivity index is 1.20. The number of aryl methyl sites for hydroxylation is 2. The van der Waals surface area contributed by atoms with Crippen molar-refractivity contribution in [2.24, 2.45) is 5.92 Å². The fraction of sp³-hybridized carbons (Fsp3) is 0.720. The average Bonchev–Trinajstić information content (AvgIpc) is 2.86. The molecule has 10 heteroatoms. The number of piperidine rings is 3. The molecule has 1 aromatic rings. The molecule has 4 heterocycles. The van der Waals surface area contributed by atoms with Crippen LogP contribution in [0.5, 0.6) is 5.75 Å². The number of hydrogen-bond donors (Lipinski definition) is 0. The van der Waals surface area contributed by atoms with E-state index in [1.807, 2.05) is 4.90 Å². The third-order valence-electron chi connectivity index (χ3n) is 7.87. The Morgan fingerprint density at radius 2 is 1.69 bits per heavy atom. The predicted octanol–water partition coefficient (Wildman–Crippen LogP) is 1.19. The van der Waals surface area contributed by atoms with E-state index < -0.39 is 10.0 Å². The van der Waals surface area contributed by atoms with Crippen LogP contribution in [0, 0.1) is 19.8 Å². The van der Waals surface area contributed by atoms with E-state index >= 15 is 0 Å². The van der Waals surface area contributed by atoms with Crippen molar-refractivity contribution in [2.45, 2.75) is 37.6 Å². The van der Waals surface area contributed by atoms with Gasteiger partial charge in [-0.15, -0.1) is 0 Å². The zero-order valence-electron chi connectivity index (χ0n) is 21.5. The molecule has 196 valence electrons. The SMILES string of the molecule is COc1cc(C)c(S(=O)(=O)N(C)CCOCC(=O)N2CCN([C@@H]3CN4CCC3CC4)CC2)c(C)c1. The van der Waals surface area contributed by atoms with Crippen LogP contribution in [0.15, 0.2) is 17.0 Å². The zero-order valence-corrected chi connectivity index (χ0v) is 22.3. The summed E-state index contributed by atoms with van der Waals surface area (Å²) in [6, 6.07) is 4.08. The van der Waals surface area contributed by atoms with E-state index in [0.29, 0.717) is 22.9 Å². The molecule has 4 aliphatic heterocycles. The minimum atomic E-state index is -3.67. The summed E-state index contributed by atoms with van der Waals surface area (Å²) < 4.78 is 38.3. The highest BCUT2D eigenvalue weighted by atomic mass is 32.2. The maximum Gasteiger partial charge on any atom is 0.248 e. The second-order valence-corrected chi connectivity index (χ2v) is 12.1. The lowest BCUT2D eigenvalue weighted by molar-refractivity contribution is -0.139. The van der Waals surface area contributed by atoms with Gasteiger partial charge in [-0.05, 0) is 69.0 Å². The van der Waals surface area contributed by atoms with Crippen LogP contribution >= 0.6 is 0 Å². The lowest BCUT2D eigenvalue weighted by Gasteiger charge is -2.51. The molecule has 9 nitrogen and oxygen atoms in total. The number of nitrogens with zero attached hydrogens (tertiary/aromatic N) is 4. The number of piperazine rings is 1. The van der Waals surface area contributed by atoms with Gasteiger partial charge in [0.25, 0.3) is 0 Å². The van der Waals surface area contributed by atoms with Gasteiger partial charge in [0.05, 0.1) is 18.6 Å². The molecule has 0 unspecified atom stereocenters. The Bertz CT molecular complexity index is 978. The van der Waals surface area contributed by atoms with E-state index in [0.717, 1.165) is 32.1 Å². The summed E-state index contributed by atoms with van der Waals surface area (Å²) in [5, 5.41) is 0. The van der Waals surface area contributed by atoms with Gasteiger partial charge in [-0.1, -0.05) is 0 Å². The van der Waals surface area contributed by atoms with E-state index in [9.17, 15) is 13.2 Å². The Hall–Kier alpha value is -1.72. The standard InChI is InChI=1S/C25H40N4O5S/c1-19-15-22(33-4)16-20(2)25(19)35(31,32)26(3)13-14-34-18-24(30)29-11-9-28(10-12-29)23-17-27-7-5-21(23)6-8-27/h15-16,21,23H,5-14,17-18H2,1-4H3/t23-/m1/s1.